The van der Waals surface area contributed by atoms with Crippen molar-refractivity contribution in [1.29, 1.82) is 0 Å². The van der Waals surface area contributed by atoms with Crippen molar-refractivity contribution in [2.45, 2.75) is 34.2 Å². The summed E-state index contributed by atoms with van der Waals surface area (Å²) in [6.45, 7) is 8.42. The van der Waals surface area contributed by atoms with Crippen LogP contribution in [-0.2, 0) is 16.1 Å². The van der Waals surface area contributed by atoms with Crippen molar-refractivity contribution < 1.29 is 9.59 Å². The van der Waals surface area contributed by atoms with Crippen LogP contribution in [0, 0.1) is 27.7 Å². The second-order valence-corrected chi connectivity index (χ2v) is 7.85. The standard InChI is InChI=1S/C24H25ClN4O2/c1-15-6-5-7-16(2)22(15)29-17(3)12-20(18(29)4)14-27-28-24(31)23(30)26-13-19-8-10-21(25)11-9-19/h5-12,14H,13H2,1-4H3,(H,26,30)(H,28,31)/b27-14-. The van der Waals surface area contributed by atoms with Gasteiger partial charge in [-0.15, -0.1) is 0 Å². The van der Waals surface area contributed by atoms with Crippen LogP contribution in [0.2, 0.25) is 5.02 Å². The van der Waals surface area contributed by atoms with Gasteiger partial charge in [0.05, 0.1) is 11.9 Å². The molecule has 0 saturated carbocycles. The smallest absolute Gasteiger partial charge is 0.329 e. The molecule has 2 amide bonds. The number of hydrogen-bond acceptors (Lipinski definition) is 3. The maximum absolute atomic E-state index is 12.0. The molecule has 1 heterocycles. The van der Waals surface area contributed by atoms with Crippen LogP contribution >= 0.6 is 11.6 Å². The summed E-state index contributed by atoms with van der Waals surface area (Å²) in [5.41, 5.74) is 9.54. The van der Waals surface area contributed by atoms with Crippen LogP contribution in [0.4, 0.5) is 0 Å². The lowest BCUT2D eigenvalue weighted by Crippen LogP contribution is -2.37. The molecule has 3 rings (SSSR count). The van der Waals surface area contributed by atoms with Crippen molar-refractivity contribution in [3.8, 4) is 5.69 Å². The minimum Gasteiger partial charge on any atom is -0.344 e. The number of hydrazone groups is 1. The summed E-state index contributed by atoms with van der Waals surface area (Å²) in [6.07, 6.45) is 1.55. The number of amides is 2. The van der Waals surface area contributed by atoms with Gasteiger partial charge in [-0.3, -0.25) is 9.59 Å². The van der Waals surface area contributed by atoms with E-state index in [4.69, 9.17) is 11.6 Å². The topological polar surface area (TPSA) is 75.5 Å². The van der Waals surface area contributed by atoms with E-state index in [1.54, 1.807) is 30.5 Å². The third-order valence-corrected chi connectivity index (χ3v) is 5.33. The molecular formula is C24H25ClN4O2. The first kappa shape index (κ1) is 22.3. The second kappa shape index (κ2) is 9.62. The zero-order valence-electron chi connectivity index (χ0n) is 18.0. The first-order valence-corrected chi connectivity index (χ1v) is 10.3. The van der Waals surface area contributed by atoms with E-state index in [1.807, 2.05) is 26.0 Å². The molecule has 0 unspecified atom stereocenters. The Hall–Kier alpha value is -3.38. The summed E-state index contributed by atoms with van der Waals surface area (Å²) in [7, 11) is 0. The average molecular weight is 437 g/mol. The molecule has 3 aromatic rings. The predicted octanol–water partition coefficient (Wildman–Crippen LogP) is 4.13. The molecule has 0 aliphatic carbocycles. The van der Waals surface area contributed by atoms with Gasteiger partial charge >= 0.3 is 11.8 Å². The Morgan fingerprint density at radius 3 is 2.29 bits per heavy atom. The molecule has 0 saturated heterocycles. The van der Waals surface area contributed by atoms with Crippen LogP contribution in [0.3, 0.4) is 0 Å². The number of benzene rings is 2. The monoisotopic (exact) mass is 436 g/mol. The number of rotatable bonds is 5. The maximum Gasteiger partial charge on any atom is 0.329 e. The summed E-state index contributed by atoms with van der Waals surface area (Å²) in [5.74, 6) is -1.58. The van der Waals surface area contributed by atoms with Gasteiger partial charge in [0.25, 0.3) is 0 Å². The quantitative estimate of drug-likeness (QED) is 0.358. The highest BCUT2D eigenvalue weighted by Gasteiger charge is 2.14. The SMILES string of the molecule is Cc1cccc(C)c1-n1c(C)cc(/C=N\NC(=O)C(=O)NCc2ccc(Cl)cc2)c1C. The number of aromatic nitrogens is 1. The van der Waals surface area contributed by atoms with E-state index >= 15 is 0 Å². The Balaban J connectivity index is 1.65. The van der Waals surface area contributed by atoms with E-state index in [-0.39, 0.29) is 6.54 Å². The minimum atomic E-state index is -0.825. The molecule has 160 valence electrons. The van der Waals surface area contributed by atoms with Crippen LogP contribution in [0.5, 0.6) is 0 Å². The Bertz CT molecular complexity index is 1130. The van der Waals surface area contributed by atoms with Crippen LogP contribution in [-0.4, -0.2) is 22.6 Å². The molecular weight excluding hydrogens is 412 g/mol. The molecule has 2 aromatic carbocycles. The number of carbonyl (C=O) groups is 2. The zero-order chi connectivity index (χ0) is 22.5. The molecule has 2 N–H and O–H groups in total. The first-order valence-electron chi connectivity index (χ1n) is 9.89. The maximum atomic E-state index is 12.0. The lowest BCUT2D eigenvalue weighted by Gasteiger charge is -2.15. The van der Waals surface area contributed by atoms with Crippen LogP contribution in [0.1, 0.15) is 33.6 Å². The Morgan fingerprint density at radius 2 is 1.65 bits per heavy atom. The molecule has 0 aliphatic heterocycles. The van der Waals surface area contributed by atoms with Crippen molar-refractivity contribution >= 4 is 29.6 Å². The zero-order valence-corrected chi connectivity index (χ0v) is 18.7. The number of carbonyl (C=O) groups excluding carboxylic acids is 2. The number of nitrogens with one attached hydrogen (secondary N) is 2. The van der Waals surface area contributed by atoms with E-state index < -0.39 is 11.8 Å². The van der Waals surface area contributed by atoms with E-state index in [2.05, 4.69) is 46.4 Å². The molecule has 7 heteroatoms. The van der Waals surface area contributed by atoms with Crippen molar-refractivity contribution in [3.63, 3.8) is 0 Å². The summed E-state index contributed by atoms with van der Waals surface area (Å²) in [6, 6.07) is 15.2. The van der Waals surface area contributed by atoms with E-state index in [9.17, 15) is 9.59 Å². The van der Waals surface area contributed by atoms with Crippen molar-refractivity contribution in [2.75, 3.05) is 0 Å². The molecule has 31 heavy (non-hydrogen) atoms. The molecule has 0 spiro atoms. The summed E-state index contributed by atoms with van der Waals surface area (Å²) < 4.78 is 2.17. The molecule has 0 fully saturated rings. The molecule has 6 nitrogen and oxygen atoms in total. The van der Waals surface area contributed by atoms with Gasteiger partial charge < -0.3 is 9.88 Å². The molecule has 0 atom stereocenters. The van der Waals surface area contributed by atoms with Gasteiger partial charge in [0.1, 0.15) is 0 Å². The van der Waals surface area contributed by atoms with Gasteiger partial charge in [0.2, 0.25) is 0 Å². The Morgan fingerprint density at radius 1 is 1.00 bits per heavy atom. The molecule has 0 radical (unpaired) electrons. The number of halogens is 1. The fourth-order valence-electron chi connectivity index (χ4n) is 3.50. The predicted molar refractivity (Wildman–Crippen MR) is 124 cm³/mol. The summed E-state index contributed by atoms with van der Waals surface area (Å²) >= 11 is 5.84. The second-order valence-electron chi connectivity index (χ2n) is 7.41. The normalized spacial score (nSPS) is 11.0. The lowest BCUT2D eigenvalue weighted by atomic mass is 10.1. The van der Waals surface area contributed by atoms with E-state index in [0.717, 1.165) is 28.2 Å². The Kier molecular flexibility index (Phi) is 6.92. The van der Waals surface area contributed by atoms with Crippen LogP contribution in [0.25, 0.3) is 5.69 Å². The van der Waals surface area contributed by atoms with Gasteiger partial charge in [0.15, 0.2) is 0 Å². The highest BCUT2D eigenvalue weighted by atomic mass is 35.5. The third-order valence-electron chi connectivity index (χ3n) is 5.08. The van der Waals surface area contributed by atoms with E-state index in [0.29, 0.717) is 5.02 Å². The lowest BCUT2D eigenvalue weighted by molar-refractivity contribution is -0.139. The molecule has 0 aliphatic rings. The fraction of sp³-hybridized carbons (Fsp3) is 0.208. The van der Waals surface area contributed by atoms with Gasteiger partial charge in [-0.25, -0.2) is 5.43 Å². The Labute approximate surface area is 186 Å². The fourth-order valence-corrected chi connectivity index (χ4v) is 3.62. The van der Waals surface area contributed by atoms with Gasteiger partial charge in [-0.2, -0.15) is 5.10 Å². The van der Waals surface area contributed by atoms with E-state index in [1.165, 1.54) is 11.1 Å². The van der Waals surface area contributed by atoms with Crippen molar-refractivity contribution in [3.05, 3.63) is 87.2 Å². The van der Waals surface area contributed by atoms with Gasteiger partial charge in [-0.05, 0) is 62.6 Å². The number of para-hydroxylation sites is 1. The van der Waals surface area contributed by atoms with Gasteiger partial charge in [0, 0.05) is 28.5 Å². The summed E-state index contributed by atoms with van der Waals surface area (Å²) in [5, 5.41) is 7.13. The average Bonchev–Trinajstić information content (AvgIpc) is 3.01. The van der Waals surface area contributed by atoms with Gasteiger partial charge in [-0.1, -0.05) is 41.9 Å². The largest absolute Gasteiger partial charge is 0.344 e. The van der Waals surface area contributed by atoms with Crippen LogP contribution < -0.4 is 10.7 Å². The number of nitrogens with zero attached hydrogens (tertiary/aromatic N) is 2. The van der Waals surface area contributed by atoms with Crippen LogP contribution in [0.15, 0.2) is 53.6 Å². The molecule has 1 aromatic heterocycles. The highest BCUT2D eigenvalue weighted by Crippen LogP contribution is 2.25. The highest BCUT2D eigenvalue weighted by molar-refractivity contribution is 6.35. The van der Waals surface area contributed by atoms with Crippen molar-refractivity contribution in [2.24, 2.45) is 5.10 Å². The molecule has 0 bridgehead atoms. The first-order chi connectivity index (χ1) is 14.8. The van der Waals surface area contributed by atoms with Crippen molar-refractivity contribution in [1.82, 2.24) is 15.3 Å². The minimum absolute atomic E-state index is 0.226. The third kappa shape index (κ3) is 5.22. The summed E-state index contributed by atoms with van der Waals surface area (Å²) in [4.78, 5) is 24.0. The number of hydrogen-bond donors (Lipinski definition) is 2. The number of aryl methyl sites for hydroxylation is 3.